The summed E-state index contributed by atoms with van der Waals surface area (Å²) in [5, 5.41) is 3.54. The summed E-state index contributed by atoms with van der Waals surface area (Å²) in [5.41, 5.74) is 1.97. The van der Waals surface area contributed by atoms with E-state index in [1.807, 2.05) is 12.1 Å². The molecular weight excluding hydrogens is 250 g/mol. The molecule has 1 aromatic heterocycles. The molecule has 0 atom stereocenters. The number of amides is 1. The van der Waals surface area contributed by atoms with Crippen LogP contribution in [0, 0.1) is 5.41 Å². The van der Waals surface area contributed by atoms with Crippen molar-refractivity contribution in [2.45, 2.75) is 45.6 Å². The van der Waals surface area contributed by atoms with Crippen LogP contribution in [0.4, 0.5) is 5.69 Å². The van der Waals surface area contributed by atoms with Crippen LogP contribution in [0.25, 0.3) is 0 Å². The molecule has 0 aliphatic heterocycles. The highest BCUT2D eigenvalue weighted by atomic mass is 16.2. The topological polar surface area (TPSA) is 45.2 Å². The number of aromatic nitrogens is 1. The third-order valence-corrected chi connectivity index (χ3v) is 4.10. The summed E-state index contributed by atoms with van der Waals surface area (Å²) in [6.45, 7) is 4.67. The van der Waals surface area contributed by atoms with Gasteiger partial charge in [0.1, 0.15) is 5.69 Å². The van der Waals surface area contributed by atoms with Crippen molar-refractivity contribution in [3.05, 3.63) is 24.0 Å². The Morgan fingerprint density at radius 1 is 1.35 bits per heavy atom. The van der Waals surface area contributed by atoms with Gasteiger partial charge in [-0.25, -0.2) is 0 Å². The molecule has 2 rings (SSSR count). The summed E-state index contributed by atoms with van der Waals surface area (Å²) in [6.07, 6.45) is 6.57. The second kappa shape index (κ2) is 5.81. The molecule has 0 spiro atoms. The molecular formula is C16H25N3O. The monoisotopic (exact) mass is 275 g/mol. The van der Waals surface area contributed by atoms with Crippen molar-refractivity contribution >= 4 is 11.6 Å². The maximum atomic E-state index is 11.9. The highest BCUT2D eigenvalue weighted by Gasteiger charge is 2.26. The maximum absolute atomic E-state index is 11.9. The number of anilines is 1. The van der Waals surface area contributed by atoms with E-state index in [1.165, 1.54) is 25.7 Å². The molecule has 20 heavy (non-hydrogen) atoms. The largest absolute Gasteiger partial charge is 0.382 e. The second-order valence-corrected chi connectivity index (χ2v) is 6.71. The standard InChI is InChI=1S/C16H25N3O/c1-16(2)8-5-12(6-9-16)18-13-7-10-17-14(11-13)15(20)19(3)4/h7,10-12H,5-6,8-9H2,1-4H3,(H,17,18). The first kappa shape index (κ1) is 14.8. The second-order valence-electron chi connectivity index (χ2n) is 6.71. The molecule has 4 heteroatoms. The predicted molar refractivity (Wildman–Crippen MR) is 81.9 cm³/mol. The molecule has 1 aromatic rings. The normalized spacial score (nSPS) is 18.6. The number of nitrogens with zero attached hydrogens (tertiary/aromatic N) is 2. The molecule has 4 nitrogen and oxygen atoms in total. The fraction of sp³-hybridized carbons (Fsp3) is 0.625. The van der Waals surface area contributed by atoms with Gasteiger partial charge in [-0.15, -0.1) is 0 Å². The van der Waals surface area contributed by atoms with Gasteiger partial charge in [0.2, 0.25) is 0 Å². The summed E-state index contributed by atoms with van der Waals surface area (Å²) in [4.78, 5) is 17.6. The maximum Gasteiger partial charge on any atom is 0.272 e. The van der Waals surface area contributed by atoms with Gasteiger partial charge in [-0.1, -0.05) is 13.8 Å². The molecule has 0 aromatic carbocycles. The van der Waals surface area contributed by atoms with E-state index >= 15 is 0 Å². The number of pyridine rings is 1. The number of nitrogens with one attached hydrogen (secondary N) is 1. The van der Waals surface area contributed by atoms with Crippen LogP contribution in [0.1, 0.15) is 50.0 Å². The number of hydrogen-bond donors (Lipinski definition) is 1. The van der Waals surface area contributed by atoms with Gasteiger partial charge >= 0.3 is 0 Å². The highest BCUT2D eigenvalue weighted by molar-refractivity contribution is 5.92. The lowest BCUT2D eigenvalue weighted by atomic mass is 9.75. The molecule has 0 bridgehead atoms. The van der Waals surface area contributed by atoms with Crippen LogP contribution in [0.2, 0.25) is 0 Å². The van der Waals surface area contributed by atoms with E-state index in [0.29, 0.717) is 17.2 Å². The lowest BCUT2D eigenvalue weighted by Gasteiger charge is -2.35. The minimum absolute atomic E-state index is 0.0570. The Bertz CT molecular complexity index is 472. The van der Waals surface area contributed by atoms with Crippen LogP contribution in [-0.2, 0) is 0 Å². The van der Waals surface area contributed by atoms with Crippen LogP contribution in [0.15, 0.2) is 18.3 Å². The summed E-state index contributed by atoms with van der Waals surface area (Å²) in [7, 11) is 3.49. The van der Waals surface area contributed by atoms with Gasteiger partial charge < -0.3 is 10.2 Å². The van der Waals surface area contributed by atoms with Crippen molar-refractivity contribution in [2.24, 2.45) is 5.41 Å². The molecule has 1 N–H and O–H groups in total. The molecule has 1 fully saturated rings. The van der Waals surface area contributed by atoms with Crippen molar-refractivity contribution in [1.29, 1.82) is 0 Å². The number of hydrogen-bond acceptors (Lipinski definition) is 3. The zero-order valence-electron chi connectivity index (χ0n) is 12.9. The molecule has 1 heterocycles. The third-order valence-electron chi connectivity index (χ3n) is 4.10. The molecule has 1 saturated carbocycles. The van der Waals surface area contributed by atoms with Gasteiger partial charge in [-0.05, 0) is 43.2 Å². The van der Waals surface area contributed by atoms with Crippen molar-refractivity contribution in [2.75, 3.05) is 19.4 Å². The molecule has 1 aliphatic carbocycles. The zero-order valence-corrected chi connectivity index (χ0v) is 12.9. The zero-order chi connectivity index (χ0) is 14.8. The Morgan fingerprint density at radius 3 is 2.60 bits per heavy atom. The van der Waals surface area contributed by atoms with Crippen molar-refractivity contribution in [3.8, 4) is 0 Å². The van der Waals surface area contributed by atoms with E-state index in [1.54, 1.807) is 25.2 Å². The summed E-state index contributed by atoms with van der Waals surface area (Å²) >= 11 is 0. The first-order valence-electron chi connectivity index (χ1n) is 7.32. The van der Waals surface area contributed by atoms with Crippen LogP contribution in [-0.4, -0.2) is 35.9 Å². The van der Waals surface area contributed by atoms with E-state index in [2.05, 4.69) is 24.1 Å². The average molecular weight is 275 g/mol. The lowest BCUT2D eigenvalue weighted by molar-refractivity contribution is 0.0822. The minimum atomic E-state index is -0.0570. The van der Waals surface area contributed by atoms with Gasteiger partial charge in [-0.2, -0.15) is 0 Å². The Labute approximate surface area is 121 Å². The molecule has 0 radical (unpaired) electrons. The average Bonchev–Trinajstić information content (AvgIpc) is 2.40. The Hall–Kier alpha value is -1.58. The van der Waals surface area contributed by atoms with Crippen LogP contribution < -0.4 is 5.32 Å². The first-order chi connectivity index (χ1) is 9.37. The van der Waals surface area contributed by atoms with E-state index < -0.39 is 0 Å². The SMILES string of the molecule is CN(C)C(=O)c1cc(NC2CCC(C)(C)CC2)ccn1. The minimum Gasteiger partial charge on any atom is -0.382 e. The molecule has 1 amide bonds. The summed E-state index contributed by atoms with van der Waals surface area (Å²) in [6, 6.07) is 4.29. The summed E-state index contributed by atoms with van der Waals surface area (Å²) < 4.78 is 0. The first-order valence-corrected chi connectivity index (χ1v) is 7.32. The van der Waals surface area contributed by atoms with Gasteiger partial charge in [-0.3, -0.25) is 9.78 Å². The molecule has 0 saturated heterocycles. The molecule has 110 valence electrons. The Balaban J connectivity index is 2.00. The van der Waals surface area contributed by atoms with Crippen LogP contribution in [0.3, 0.4) is 0 Å². The number of carbonyl (C=O) groups is 1. The van der Waals surface area contributed by atoms with Crippen molar-refractivity contribution in [1.82, 2.24) is 9.88 Å². The van der Waals surface area contributed by atoms with E-state index in [9.17, 15) is 4.79 Å². The van der Waals surface area contributed by atoms with Crippen LogP contribution in [0.5, 0.6) is 0 Å². The number of carbonyl (C=O) groups excluding carboxylic acids is 1. The van der Waals surface area contributed by atoms with Crippen molar-refractivity contribution in [3.63, 3.8) is 0 Å². The Kier molecular flexibility index (Phi) is 4.31. The molecule has 0 unspecified atom stereocenters. The van der Waals surface area contributed by atoms with E-state index in [0.717, 1.165) is 5.69 Å². The highest BCUT2D eigenvalue weighted by Crippen LogP contribution is 2.36. The van der Waals surface area contributed by atoms with Gasteiger partial charge in [0.05, 0.1) is 0 Å². The number of rotatable bonds is 3. The fourth-order valence-electron chi connectivity index (χ4n) is 2.65. The lowest BCUT2D eigenvalue weighted by Crippen LogP contribution is -2.30. The summed E-state index contributed by atoms with van der Waals surface area (Å²) in [5.74, 6) is -0.0570. The fourth-order valence-corrected chi connectivity index (χ4v) is 2.65. The smallest absolute Gasteiger partial charge is 0.272 e. The van der Waals surface area contributed by atoms with E-state index in [4.69, 9.17) is 0 Å². The predicted octanol–water partition coefficient (Wildman–Crippen LogP) is 3.16. The molecule has 1 aliphatic rings. The van der Waals surface area contributed by atoms with Gasteiger partial charge in [0.15, 0.2) is 0 Å². The van der Waals surface area contributed by atoms with Crippen LogP contribution >= 0.6 is 0 Å². The van der Waals surface area contributed by atoms with Gasteiger partial charge in [0.25, 0.3) is 5.91 Å². The van der Waals surface area contributed by atoms with Gasteiger partial charge in [0, 0.05) is 32.0 Å². The van der Waals surface area contributed by atoms with Crippen molar-refractivity contribution < 1.29 is 4.79 Å². The quantitative estimate of drug-likeness (QED) is 0.921. The third kappa shape index (κ3) is 3.71. The van der Waals surface area contributed by atoms with E-state index in [-0.39, 0.29) is 5.91 Å². The Morgan fingerprint density at radius 2 is 2.00 bits per heavy atom.